The van der Waals surface area contributed by atoms with Gasteiger partial charge in [0.15, 0.2) is 0 Å². The van der Waals surface area contributed by atoms with Gasteiger partial charge in [-0.25, -0.2) is 4.98 Å². The van der Waals surface area contributed by atoms with Crippen LogP contribution in [0.5, 0.6) is 0 Å². The van der Waals surface area contributed by atoms with Crippen LogP contribution in [0.4, 0.5) is 23.5 Å². The lowest BCUT2D eigenvalue weighted by atomic mass is 10.3. The van der Waals surface area contributed by atoms with E-state index in [9.17, 15) is 0 Å². The maximum absolute atomic E-state index is 8.79. The normalized spacial score (nSPS) is 10.1. The number of methoxy groups -OCH3 is 2. The Balaban J connectivity index is 2.13. The van der Waals surface area contributed by atoms with Crippen LogP contribution in [-0.2, 0) is 9.47 Å². The fraction of sp³-hybridized carbons (Fsp3) is 0.400. The molecule has 0 saturated heterocycles. The van der Waals surface area contributed by atoms with E-state index in [4.69, 9.17) is 14.7 Å². The molecule has 10 nitrogen and oxygen atoms in total. The van der Waals surface area contributed by atoms with Crippen LogP contribution in [0.1, 0.15) is 5.69 Å². The largest absolute Gasteiger partial charge is 0.383 e. The van der Waals surface area contributed by atoms with Crippen LogP contribution in [0.15, 0.2) is 18.3 Å². The van der Waals surface area contributed by atoms with Gasteiger partial charge in [-0.1, -0.05) is 0 Å². The third-order valence-corrected chi connectivity index (χ3v) is 2.95. The molecule has 2 heterocycles. The molecule has 25 heavy (non-hydrogen) atoms. The van der Waals surface area contributed by atoms with Crippen molar-refractivity contribution < 1.29 is 9.47 Å². The molecule has 132 valence electrons. The molecule has 0 aliphatic carbocycles. The first kappa shape index (κ1) is 18.3. The number of nitrogens with zero attached hydrogens (tertiary/aromatic N) is 5. The topological polar surface area (TPSA) is 130 Å². The average molecular weight is 344 g/mol. The Morgan fingerprint density at radius 3 is 2.04 bits per heavy atom. The summed E-state index contributed by atoms with van der Waals surface area (Å²) in [6.07, 6.45) is 1.54. The summed E-state index contributed by atoms with van der Waals surface area (Å²) in [5.74, 6) is 1.17. The van der Waals surface area contributed by atoms with Gasteiger partial charge in [0.05, 0.1) is 25.1 Å². The first-order valence-corrected chi connectivity index (χ1v) is 7.60. The molecule has 0 unspecified atom stereocenters. The van der Waals surface area contributed by atoms with Gasteiger partial charge in [0, 0.05) is 27.3 Å². The van der Waals surface area contributed by atoms with Gasteiger partial charge in [-0.05, 0) is 12.1 Å². The molecule has 0 radical (unpaired) electrons. The number of anilines is 4. The van der Waals surface area contributed by atoms with Crippen molar-refractivity contribution in [3.05, 3.63) is 24.0 Å². The number of pyridine rings is 1. The second kappa shape index (κ2) is 9.96. The Morgan fingerprint density at radius 2 is 1.56 bits per heavy atom. The first-order valence-electron chi connectivity index (χ1n) is 7.60. The van der Waals surface area contributed by atoms with Gasteiger partial charge in [-0.2, -0.15) is 20.2 Å². The van der Waals surface area contributed by atoms with E-state index in [1.54, 1.807) is 32.5 Å². The van der Waals surface area contributed by atoms with Crippen LogP contribution >= 0.6 is 0 Å². The average Bonchev–Trinajstić information content (AvgIpc) is 2.63. The van der Waals surface area contributed by atoms with E-state index in [1.807, 2.05) is 6.07 Å². The van der Waals surface area contributed by atoms with Gasteiger partial charge in [0.1, 0.15) is 11.8 Å². The van der Waals surface area contributed by atoms with Gasteiger partial charge in [-0.15, -0.1) is 0 Å². The predicted octanol–water partition coefficient (Wildman–Crippen LogP) is 0.998. The van der Waals surface area contributed by atoms with Crippen LogP contribution in [0.2, 0.25) is 0 Å². The van der Waals surface area contributed by atoms with Gasteiger partial charge in [0.25, 0.3) is 0 Å². The van der Waals surface area contributed by atoms with Gasteiger partial charge < -0.3 is 25.4 Å². The van der Waals surface area contributed by atoms with Crippen LogP contribution in [-0.4, -0.2) is 60.5 Å². The molecule has 2 aromatic heterocycles. The standard InChI is InChI=1S/C15H20N8O2/c1-24-7-5-17-13-21-14(18-6-8-25-2)23-15(22-13)20-12-4-3-11(9-16)19-10-12/h3-4,10H,5-8H2,1-2H3,(H3,17,18,20,21,22,23). The molecule has 3 N–H and O–H groups in total. The highest BCUT2D eigenvalue weighted by Crippen LogP contribution is 2.15. The van der Waals surface area contributed by atoms with Crippen molar-refractivity contribution in [1.82, 2.24) is 19.9 Å². The number of nitrogens with one attached hydrogen (secondary N) is 3. The number of nitriles is 1. The molecule has 10 heteroatoms. The molecule has 2 rings (SSSR count). The molecular formula is C15H20N8O2. The molecule has 0 bridgehead atoms. The van der Waals surface area contributed by atoms with Crippen molar-refractivity contribution in [2.45, 2.75) is 0 Å². The SMILES string of the molecule is COCCNc1nc(NCCOC)nc(Nc2ccc(C#N)nc2)n1. The number of hydrogen-bond acceptors (Lipinski definition) is 10. The summed E-state index contributed by atoms with van der Waals surface area (Å²) in [7, 11) is 3.25. The molecule has 2 aromatic rings. The van der Waals surface area contributed by atoms with E-state index < -0.39 is 0 Å². The van der Waals surface area contributed by atoms with Gasteiger partial charge in [-0.3, -0.25) is 0 Å². The second-order valence-electron chi connectivity index (χ2n) is 4.81. The van der Waals surface area contributed by atoms with Crippen molar-refractivity contribution >= 4 is 23.5 Å². The van der Waals surface area contributed by atoms with Crippen molar-refractivity contribution in [3.8, 4) is 6.07 Å². The quantitative estimate of drug-likeness (QED) is 0.536. The summed E-state index contributed by atoms with van der Waals surface area (Å²) in [6.45, 7) is 2.19. The lowest BCUT2D eigenvalue weighted by molar-refractivity contribution is 0.210. The smallest absolute Gasteiger partial charge is 0.233 e. The van der Waals surface area contributed by atoms with Gasteiger partial charge >= 0.3 is 0 Å². The molecule has 0 saturated carbocycles. The number of rotatable bonds is 10. The summed E-state index contributed by atoms with van der Waals surface area (Å²) >= 11 is 0. The molecule has 0 aliphatic heterocycles. The summed E-state index contributed by atoms with van der Waals surface area (Å²) in [4.78, 5) is 16.9. The lowest BCUT2D eigenvalue weighted by Gasteiger charge is -2.11. The lowest BCUT2D eigenvalue weighted by Crippen LogP contribution is -2.15. The Labute approximate surface area is 145 Å². The van der Waals surface area contributed by atoms with Crippen molar-refractivity contribution in [3.63, 3.8) is 0 Å². The molecule has 0 fully saturated rings. The zero-order chi connectivity index (χ0) is 17.9. The fourth-order valence-corrected chi connectivity index (χ4v) is 1.78. The van der Waals surface area contributed by atoms with E-state index in [0.717, 1.165) is 0 Å². The molecule has 0 atom stereocenters. The van der Waals surface area contributed by atoms with Crippen molar-refractivity contribution in [2.75, 3.05) is 56.5 Å². The second-order valence-corrected chi connectivity index (χ2v) is 4.81. The Morgan fingerprint density at radius 1 is 0.960 bits per heavy atom. The maximum atomic E-state index is 8.79. The monoisotopic (exact) mass is 344 g/mol. The number of hydrogen-bond donors (Lipinski definition) is 3. The molecule has 0 spiro atoms. The molecular weight excluding hydrogens is 324 g/mol. The Hall–Kier alpha value is -3.03. The number of aromatic nitrogens is 4. The van der Waals surface area contributed by atoms with Crippen molar-refractivity contribution in [1.29, 1.82) is 5.26 Å². The summed E-state index contributed by atoms with van der Waals surface area (Å²) in [6, 6.07) is 5.31. The van der Waals surface area contributed by atoms with Crippen LogP contribution in [0.25, 0.3) is 0 Å². The highest BCUT2D eigenvalue weighted by molar-refractivity contribution is 5.55. The van der Waals surface area contributed by atoms with E-state index >= 15 is 0 Å². The van der Waals surface area contributed by atoms with Crippen LogP contribution in [0, 0.1) is 11.3 Å². The Bertz CT molecular complexity index is 673. The maximum Gasteiger partial charge on any atom is 0.233 e. The third-order valence-electron chi connectivity index (χ3n) is 2.95. The highest BCUT2D eigenvalue weighted by Gasteiger charge is 2.07. The van der Waals surface area contributed by atoms with E-state index in [0.29, 0.717) is 55.5 Å². The molecule has 0 aliphatic rings. The van der Waals surface area contributed by atoms with Gasteiger partial charge in [0.2, 0.25) is 17.8 Å². The Kier molecular flexibility index (Phi) is 7.30. The minimum absolute atomic E-state index is 0.338. The van der Waals surface area contributed by atoms with E-state index in [1.165, 1.54) is 0 Å². The summed E-state index contributed by atoms with van der Waals surface area (Å²) in [5, 5.41) is 18.0. The summed E-state index contributed by atoms with van der Waals surface area (Å²) in [5.41, 5.74) is 1.00. The van der Waals surface area contributed by atoms with E-state index in [-0.39, 0.29) is 0 Å². The molecule has 0 aromatic carbocycles. The minimum Gasteiger partial charge on any atom is -0.383 e. The summed E-state index contributed by atoms with van der Waals surface area (Å²) < 4.78 is 10.0. The minimum atomic E-state index is 0.338. The van der Waals surface area contributed by atoms with E-state index in [2.05, 4.69) is 35.9 Å². The van der Waals surface area contributed by atoms with Crippen molar-refractivity contribution in [2.24, 2.45) is 0 Å². The highest BCUT2D eigenvalue weighted by atomic mass is 16.5. The zero-order valence-corrected chi connectivity index (χ0v) is 14.1. The molecule has 0 amide bonds. The first-order chi connectivity index (χ1) is 12.2. The fourth-order valence-electron chi connectivity index (χ4n) is 1.78. The number of ether oxygens (including phenoxy) is 2. The predicted molar refractivity (Wildman–Crippen MR) is 92.8 cm³/mol. The third kappa shape index (κ3) is 6.17. The van der Waals surface area contributed by atoms with Crippen LogP contribution < -0.4 is 16.0 Å². The zero-order valence-electron chi connectivity index (χ0n) is 14.1. The van der Waals surface area contributed by atoms with Crippen LogP contribution in [0.3, 0.4) is 0 Å².